The molecule has 2 aromatic carbocycles. The molecule has 0 heterocycles. The van der Waals surface area contributed by atoms with Gasteiger partial charge in [0.15, 0.2) is 0 Å². The van der Waals surface area contributed by atoms with Crippen molar-refractivity contribution in [1.82, 2.24) is 4.90 Å². The van der Waals surface area contributed by atoms with E-state index in [1.54, 1.807) is 7.11 Å². The number of hydrogen-bond acceptors (Lipinski definition) is 5. The third kappa shape index (κ3) is 6.46. The van der Waals surface area contributed by atoms with Crippen molar-refractivity contribution in [1.29, 1.82) is 0 Å². The summed E-state index contributed by atoms with van der Waals surface area (Å²) in [5.74, 6) is 0.354. The predicted octanol–water partition coefficient (Wildman–Crippen LogP) is 3.96. The summed E-state index contributed by atoms with van der Waals surface area (Å²) in [5, 5.41) is 0. The lowest BCUT2D eigenvalue weighted by Gasteiger charge is -2.29. The van der Waals surface area contributed by atoms with Crippen molar-refractivity contribution >= 4 is 5.97 Å². The maximum Gasteiger partial charge on any atom is 0.334 e. The number of methoxy groups -OCH3 is 1. The quantitative estimate of drug-likeness (QED) is 0.380. The van der Waals surface area contributed by atoms with E-state index in [-0.39, 0.29) is 12.1 Å². The minimum Gasteiger partial charge on any atom is -0.497 e. The van der Waals surface area contributed by atoms with Gasteiger partial charge in [-0.2, -0.15) is 0 Å². The molecule has 0 unspecified atom stereocenters. The van der Waals surface area contributed by atoms with Crippen molar-refractivity contribution in [3.63, 3.8) is 0 Å². The summed E-state index contributed by atoms with van der Waals surface area (Å²) < 4.78 is 16.2. The van der Waals surface area contributed by atoms with E-state index in [0.717, 1.165) is 16.9 Å². The lowest BCUT2D eigenvalue weighted by Crippen LogP contribution is -2.33. The molecular weight excluding hydrogens is 342 g/mol. The highest BCUT2D eigenvalue weighted by Crippen LogP contribution is 2.24. The highest BCUT2D eigenvalue weighted by molar-refractivity contribution is 5.81. The average molecular weight is 369 g/mol. The van der Waals surface area contributed by atoms with Crippen LogP contribution in [0.25, 0.3) is 0 Å². The van der Waals surface area contributed by atoms with Crippen LogP contribution in [0.15, 0.2) is 66.9 Å². The summed E-state index contributed by atoms with van der Waals surface area (Å²) in [7, 11) is 5.55. The average Bonchev–Trinajstić information content (AvgIpc) is 2.70. The number of likely N-dealkylation sites (N-methyl/N-ethyl adjacent to an activating group) is 1. The molecule has 5 heteroatoms. The molecule has 0 fully saturated rings. The van der Waals surface area contributed by atoms with Gasteiger partial charge < -0.3 is 19.1 Å². The monoisotopic (exact) mass is 369 g/mol. The maximum atomic E-state index is 12.2. The molecule has 0 spiro atoms. The van der Waals surface area contributed by atoms with Crippen molar-refractivity contribution in [2.45, 2.75) is 25.7 Å². The molecule has 5 nitrogen and oxygen atoms in total. The number of carbonyl (C=O) groups is 1. The minimum atomic E-state index is -0.438. The van der Waals surface area contributed by atoms with Gasteiger partial charge in [-0.3, -0.25) is 0 Å². The Morgan fingerprint density at radius 2 is 1.74 bits per heavy atom. The molecule has 27 heavy (non-hydrogen) atoms. The predicted molar refractivity (Wildman–Crippen MR) is 105 cm³/mol. The Labute approximate surface area is 161 Å². The Balaban J connectivity index is 1.91. The fraction of sp³-hybridized carbons (Fsp3) is 0.318. The molecule has 2 rings (SSSR count). The van der Waals surface area contributed by atoms with Gasteiger partial charge in [0.2, 0.25) is 0 Å². The Bertz CT molecular complexity index is 726. The van der Waals surface area contributed by atoms with Crippen LogP contribution in [0.5, 0.6) is 5.75 Å². The summed E-state index contributed by atoms with van der Waals surface area (Å²) in [6.45, 7) is 2.39. The van der Waals surface area contributed by atoms with E-state index >= 15 is 0 Å². The minimum absolute atomic E-state index is 0.0324. The Hall–Kier alpha value is -2.79. The van der Waals surface area contributed by atoms with Crippen LogP contribution in [0.1, 0.15) is 24.2 Å². The lowest BCUT2D eigenvalue weighted by atomic mass is 10.0. The first-order chi connectivity index (χ1) is 13.0. The standard InChI is InChI=1S/C22H27NO4/c1-17(23(2)3)22(19-8-6-5-7-9-19)27-21(24)14-15-26-16-18-10-12-20(25-4)13-11-18/h5-15,17,22H,16H2,1-4H3/b15-14-/t17-,22-/m0/s1. The van der Waals surface area contributed by atoms with E-state index in [2.05, 4.69) is 0 Å². The molecule has 0 saturated carbocycles. The summed E-state index contributed by atoms with van der Waals surface area (Å²) in [6.07, 6.45) is 2.32. The zero-order chi connectivity index (χ0) is 19.6. The Kier molecular flexibility index (Phi) is 7.89. The Morgan fingerprint density at radius 1 is 1.07 bits per heavy atom. The topological polar surface area (TPSA) is 48.0 Å². The van der Waals surface area contributed by atoms with Crippen LogP contribution in [0.3, 0.4) is 0 Å². The molecule has 0 radical (unpaired) electrons. The molecule has 0 aromatic heterocycles. The molecular formula is C22H27NO4. The van der Waals surface area contributed by atoms with Crippen molar-refractivity contribution in [3.05, 3.63) is 78.1 Å². The second-order valence-corrected chi connectivity index (χ2v) is 6.43. The molecule has 0 bridgehead atoms. The van der Waals surface area contributed by atoms with E-state index in [1.165, 1.54) is 12.3 Å². The highest BCUT2D eigenvalue weighted by Gasteiger charge is 2.24. The number of rotatable bonds is 9. The van der Waals surface area contributed by atoms with E-state index in [4.69, 9.17) is 14.2 Å². The summed E-state index contributed by atoms with van der Waals surface area (Å²) in [4.78, 5) is 14.2. The van der Waals surface area contributed by atoms with E-state index in [1.807, 2.05) is 80.5 Å². The third-order valence-electron chi connectivity index (χ3n) is 4.33. The molecule has 2 atom stereocenters. The van der Waals surface area contributed by atoms with Crippen LogP contribution < -0.4 is 4.74 Å². The van der Waals surface area contributed by atoms with Gasteiger partial charge in [0.1, 0.15) is 18.5 Å². The van der Waals surface area contributed by atoms with Crippen LogP contribution >= 0.6 is 0 Å². The first kappa shape index (κ1) is 20.5. The van der Waals surface area contributed by atoms with Gasteiger partial charge in [0, 0.05) is 6.04 Å². The van der Waals surface area contributed by atoms with Crippen molar-refractivity contribution < 1.29 is 19.0 Å². The first-order valence-corrected chi connectivity index (χ1v) is 8.84. The van der Waals surface area contributed by atoms with Crippen LogP contribution in [0, 0.1) is 0 Å². The van der Waals surface area contributed by atoms with Gasteiger partial charge in [0.25, 0.3) is 0 Å². The third-order valence-corrected chi connectivity index (χ3v) is 4.33. The van der Waals surface area contributed by atoms with Crippen LogP contribution in [-0.4, -0.2) is 38.1 Å². The summed E-state index contributed by atoms with van der Waals surface area (Å²) >= 11 is 0. The maximum absolute atomic E-state index is 12.2. The van der Waals surface area contributed by atoms with E-state index < -0.39 is 5.97 Å². The number of ether oxygens (including phenoxy) is 3. The first-order valence-electron chi connectivity index (χ1n) is 8.84. The molecule has 0 aliphatic carbocycles. The zero-order valence-corrected chi connectivity index (χ0v) is 16.3. The van der Waals surface area contributed by atoms with Crippen LogP contribution in [0.2, 0.25) is 0 Å². The highest BCUT2D eigenvalue weighted by atomic mass is 16.5. The molecule has 0 aliphatic heterocycles. The van der Waals surface area contributed by atoms with Gasteiger partial charge in [-0.1, -0.05) is 42.5 Å². The van der Waals surface area contributed by atoms with Crippen LogP contribution in [-0.2, 0) is 20.9 Å². The van der Waals surface area contributed by atoms with Gasteiger partial charge in [-0.15, -0.1) is 0 Å². The molecule has 2 aromatic rings. The van der Waals surface area contributed by atoms with Gasteiger partial charge in [-0.25, -0.2) is 4.79 Å². The summed E-state index contributed by atoms with van der Waals surface area (Å²) in [6, 6.07) is 17.3. The zero-order valence-electron chi connectivity index (χ0n) is 16.3. The largest absolute Gasteiger partial charge is 0.497 e. The summed E-state index contributed by atoms with van der Waals surface area (Å²) in [5.41, 5.74) is 1.94. The van der Waals surface area contributed by atoms with Gasteiger partial charge in [0.05, 0.1) is 19.4 Å². The number of hydrogen-bond donors (Lipinski definition) is 0. The van der Waals surface area contributed by atoms with Crippen molar-refractivity contribution in [2.75, 3.05) is 21.2 Å². The van der Waals surface area contributed by atoms with E-state index in [0.29, 0.717) is 6.61 Å². The van der Waals surface area contributed by atoms with Crippen molar-refractivity contribution in [2.24, 2.45) is 0 Å². The molecule has 0 N–H and O–H groups in total. The second kappa shape index (κ2) is 10.4. The normalized spacial score (nSPS) is 13.4. The molecule has 0 aliphatic rings. The van der Waals surface area contributed by atoms with E-state index in [9.17, 15) is 4.79 Å². The van der Waals surface area contributed by atoms with Gasteiger partial charge in [-0.05, 0) is 44.3 Å². The molecule has 0 saturated heterocycles. The van der Waals surface area contributed by atoms with Crippen molar-refractivity contribution in [3.8, 4) is 5.75 Å². The fourth-order valence-electron chi connectivity index (χ4n) is 2.49. The van der Waals surface area contributed by atoms with Gasteiger partial charge >= 0.3 is 5.97 Å². The number of esters is 1. The number of carbonyl (C=O) groups excluding carboxylic acids is 1. The Morgan fingerprint density at radius 3 is 2.33 bits per heavy atom. The lowest BCUT2D eigenvalue weighted by molar-refractivity contribution is -0.146. The smallest absolute Gasteiger partial charge is 0.334 e. The number of nitrogens with zero attached hydrogens (tertiary/aromatic N) is 1. The molecule has 0 amide bonds. The van der Waals surface area contributed by atoms with Crippen LogP contribution in [0.4, 0.5) is 0 Å². The fourth-order valence-corrected chi connectivity index (χ4v) is 2.49. The number of benzene rings is 2. The SMILES string of the molecule is COc1ccc(CO/C=C\C(=O)O[C@H](c2ccccc2)[C@H](C)N(C)C)cc1. The molecule has 144 valence electrons. The second-order valence-electron chi connectivity index (χ2n) is 6.43.